The molecule has 0 N–H and O–H groups in total. The minimum Gasteiger partial charge on any atom is -0.295 e. The molecule has 1 saturated heterocycles. The number of hydrogen-bond donors (Lipinski definition) is 0. The van der Waals surface area contributed by atoms with E-state index in [2.05, 4.69) is 58.3 Å². The van der Waals surface area contributed by atoms with Crippen molar-refractivity contribution < 1.29 is 0 Å². The number of piperazine rings is 1. The standard InChI is InChI=1S/C33H68N2/c1-8-12-16-20-24-32(6,25-21-17-13-9-2)34-28-29-35(31(5)30-34)33(7,26-22-18-14-10-3)27-23-19-15-11-4/h31H,8-30H2,1-7H3/t31-/m0/s1. The molecule has 1 fully saturated rings. The summed E-state index contributed by atoms with van der Waals surface area (Å²) in [7, 11) is 0. The van der Waals surface area contributed by atoms with Gasteiger partial charge in [0.25, 0.3) is 0 Å². The van der Waals surface area contributed by atoms with E-state index in [1.54, 1.807) is 0 Å². The molecule has 0 bridgehead atoms. The Morgan fingerprint density at radius 3 is 1.23 bits per heavy atom. The van der Waals surface area contributed by atoms with Crippen molar-refractivity contribution >= 4 is 0 Å². The van der Waals surface area contributed by atoms with Crippen LogP contribution in [0, 0.1) is 0 Å². The molecule has 0 amide bonds. The van der Waals surface area contributed by atoms with E-state index >= 15 is 0 Å². The molecule has 35 heavy (non-hydrogen) atoms. The Bertz CT molecular complexity index is 463. The van der Waals surface area contributed by atoms with Crippen LogP contribution in [0.4, 0.5) is 0 Å². The molecule has 0 aromatic heterocycles. The molecule has 2 nitrogen and oxygen atoms in total. The topological polar surface area (TPSA) is 6.48 Å². The zero-order valence-corrected chi connectivity index (χ0v) is 25.7. The molecule has 2 heteroatoms. The fourth-order valence-electron chi connectivity index (χ4n) is 6.83. The first-order valence-electron chi connectivity index (χ1n) is 16.4. The smallest absolute Gasteiger partial charge is 0.0201 e. The van der Waals surface area contributed by atoms with Gasteiger partial charge in [-0.15, -0.1) is 0 Å². The first-order chi connectivity index (χ1) is 16.9. The molecule has 1 heterocycles. The average Bonchev–Trinajstić information content (AvgIpc) is 2.85. The maximum atomic E-state index is 2.97. The fourth-order valence-corrected chi connectivity index (χ4v) is 6.83. The summed E-state index contributed by atoms with van der Waals surface area (Å²) in [5, 5.41) is 0. The predicted molar refractivity (Wildman–Crippen MR) is 160 cm³/mol. The van der Waals surface area contributed by atoms with Gasteiger partial charge >= 0.3 is 0 Å². The first kappa shape index (κ1) is 32.9. The lowest BCUT2D eigenvalue weighted by molar-refractivity contribution is -0.0492. The van der Waals surface area contributed by atoms with Crippen molar-refractivity contribution in [2.75, 3.05) is 19.6 Å². The summed E-state index contributed by atoms with van der Waals surface area (Å²) >= 11 is 0. The monoisotopic (exact) mass is 493 g/mol. The van der Waals surface area contributed by atoms with Crippen LogP contribution < -0.4 is 0 Å². The number of rotatable bonds is 22. The minimum atomic E-state index is 0.394. The van der Waals surface area contributed by atoms with Gasteiger partial charge in [-0.3, -0.25) is 9.80 Å². The van der Waals surface area contributed by atoms with Gasteiger partial charge in [0.2, 0.25) is 0 Å². The molecule has 0 spiro atoms. The molecule has 1 atom stereocenters. The van der Waals surface area contributed by atoms with Crippen LogP contribution in [0.1, 0.15) is 177 Å². The Hall–Kier alpha value is -0.0800. The Labute approximate surface area is 223 Å². The normalized spacial score (nSPS) is 18.4. The number of nitrogens with zero attached hydrogens (tertiary/aromatic N) is 2. The fraction of sp³-hybridized carbons (Fsp3) is 1.00. The van der Waals surface area contributed by atoms with Gasteiger partial charge < -0.3 is 0 Å². The van der Waals surface area contributed by atoms with Gasteiger partial charge in [0, 0.05) is 36.8 Å². The van der Waals surface area contributed by atoms with Crippen molar-refractivity contribution in [1.82, 2.24) is 9.80 Å². The molecule has 210 valence electrons. The highest BCUT2D eigenvalue weighted by Gasteiger charge is 2.41. The van der Waals surface area contributed by atoms with Gasteiger partial charge in [-0.2, -0.15) is 0 Å². The van der Waals surface area contributed by atoms with Crippen LogP contribution >= 0.6 is 0 Å². The third-order valence-corrected chi connectivity index (χ3v) is 9.36. The van der Waals surface area contributed by atoms with Crippen molar-refractivity contribution in [2.45, 2.75) is 194 Å². The average molecular weight is 493 g/mol. The summed E-state index contributed by atoms with van der Waals surface area (Å²) in [4.78, 5) is 5.91. The van der Waals surface area contributed by atoms with E-state index in [0.29, 0.717) is 17.1 Å². The highest BCUT2D eigenvalue weighted by atomic mass is 15.3. The highest BCUT2D eigenvalue weighted by molar-refractivity contribution is 4.97. The quantitative estimate of drug-likeness (QED) is 0.139. The summed E-state index contributed by atoms with van der Waals surface area (Å²) in [6.45, 7) is 21.0. The molecule has 0 unspecified atom stereocenters. The van der Waals surface area contributed by atoms with Gasteiger partial charge in [-0.05, 0) is 46.5 Å². The Morgan fingerprint density at radius 2 is 0.886 bits per heavy atom. The summed E-state index contributed by atoms with van der Waals surface area (Å²) < 4.78 is 0. The zero-order valence-electron chi connectivity index (χ0n) is 25.7. The van der Waals surface area contributed by atoms with Crippen LogP contribution in [0.15, 0.2) is 0 Å². The molecule has 1 aliphatic rings. The Balaban J connectivity index is 2.84. The van der Waals surface area contributed by atoms with Crippen molar-refractivity contribution in [2.24, 2.45) is 0 Å². The molecule has 1 aliphatic heterocycles. The third-order valence-electron chi connectivity index (χ3n) is 9.36. The van der Waals surface area contributed by atoms with E-state index in [1.807, 2.05) is 0 Å². The molecular formula is C33H68N2. The lowest BCUT2D eigenvalue weighted by atomic mass is 9.82. The van der Waals surface area contributed by atoms with Crippen molar-refractivity contribution in [3.63, 3.8) is 0 Å². The van der Waals surface area contributed by atoms with Gasteiger partial charge in [-0.1, -0.05) is 130 Å². The summed E-state index contributed by atoms with van der Waals surface area (Å²) in [6, 6.07) is 0.678. The van der Waals surface area contributed by atoms with Crippen LogP contribution in [0.5, 0.6) is 0 Å². The maximum absolute atomic E-state index is 2.97. The maximum Gasteiger partial charge on any atom is 0.0201 e. The van der Waals surface area contributed by atoms with Crippen molar-refractivity contribution in [3.8, 4) is 0 Å². The van der Waals surface area contributed by atoms with Crippen LogP contribution in [0.25, 0.3) is 0 Å². The van der Waals surface area contributed by atoms with Gasteiger partial charge in [-0.25, -0.2) is 0 Å². The highest BCUT2D eigenvalue weighted by Crippen LogP contribution is 2.36. The largest absolute Gasteiger partial charge is 0.295 e. The summed E-state index contributed by atoms with van der Waals surface area (Å²) in [5.74, 6) is 0. The summed E-state index contributed by atoms with van der Waals surface area (Å²) in [5.41, 5.74) is 0.798. The third kappa shape index (κ3) is 12.3. The minimum absolute atomic E-state index is 0.394. The molecule has 0 aliphatic carbocycles. The second kappa shape index (κ2) is 19.1. The Kier molecular flexibility index (Phi) is 17.9. The molecule has 0 radical (unpaired) electrons. The zero-order chi connectivity index (χ0) is 26.0. The van der Waals surface area contributed by atoms with Crippen LogP contribution in [0.3, 0.4) is 0 Å². The molecule has 0 aromatic carbocycles. The molecule has 1 rings (SSSR count). The second-order valence-corrected chi connectivity index (χ2v) is 12.7. The van der Waals surface area contributed by atoms with E-state index in [0.717, 1.165) is 0 Å². The van der Waals surface area contributed by atoms with Gasteiger partial charge in [0.15, 0.2) is 0 Å². The molecular weight excluding hydrogens is 424 g/mol. The van der Waals surface area contributed by atoms with Crippen LogP contribution in [-0.2, 0) is 0 Å². The van der Waals surface area contributed by atoms with Gasteiger partial charge in [0.05, 0.1) is 0 Å². The number of hydrogen-bond acceptors (Lipinski definition) is 2. The van der Waals surface area contributed by atoms with E-state index in [1.165, 1.54) is 148 Å². The molecule has 0 aromatic rings. The lowest BCUT2D eigenvalue weighted by Crippen LogP contribution is -2.64. The first-order valence-corrected chi connectivity index (χ1v) is 16.4. The molecule has 0 saturated carbocycles. The lowest BCUT2D eigenvalue weighted by Gasteiger charge is -2.54. The SMILES string of the molecule is CCCCCCC(C)(CCCCCC)N1CCN(C(C)(CCCCCC)CCCCCC)[C@@H](C)C1. The summed E-state index contributed by atoms with van der Waals surface area (Å²) in [6.07, 6.45) is 27.9. The van der Waals surface area contributed by atoms with Crippen molar-refractivity contribution in [3.05, 3.63) is 0 Å². The van der Waals surface area contributed by atoms with E-state index < -0.39 is 0 Å². The van der Waals surface area contributed by atoms with E-state index in [4.69, 9.17) is 0 Å². The van der Waals surface area contributed by atoms with Crippen LogP contribution in [0.2, 0.25) is 0 Å². The van der Waals surface area contributed by atoms with Crippen LogP contribution in [-0.4, -0.2) is 46.6 Å². The van der Waals surface area contributed by atoms with Crippen molar-refractivity contribution in [1.29, 1.82) is 0 Å². The second-order valence-electron chi connectivity index (χ2n) is 12.7. The van der Waals surface area contributed by atoms with Gasteiger partial charge in [0.1, 0.15) is 0 Å². The Morgan fingerprint density at radius 1 is 0.514 bits per heavy atom. The number of unbranched alkanes of at least 4 members (excludes halogenated alkanes) is 12. The van der Waals surface area contributed by atoms with E-state index in [-0.39, 0.29) is 0 Å². The van der Waals surface area contributed by atoms with E-state index in [9.17, 15) is 0 Å². The predicted octanol–water partition coefficient (Wildman–Crippen LogP) is 10.4.